The van der Waals surface area contributed by atoms with Crippen molar-refractivity contribution in [2.24, 2.45) is 5.10 Å². The van der Waals surface area contributed by atoms with Crippen LogP contribution in [0.5, 0.6) is 6.01 Å². The molecule has 0 fully saturated rings. The number of alkyl halides is 6. The topological polar surface area (TPSA) is 78.8 Å². The van der Waals surface area contributed by atoms with E-state index in [2.05, 4.69) is 30.2 Å². The largest absolute Gasteiger partial charge is 0.440 e. The van der Waals surface area contributed by atoms with Crippen molar-refractivity contribution < 1.29 is 31.1 Å². The first kappa shape index (κ1) is 29.1. The molecule has 0 atom stereocenters. The second kappa shape index (κ2) is 12.1. The van der Waals surface area contributed by atoms with Crippen molar-refractivity contribution in [2.45, 2.75) is 18.5 Å². The standard InChI is InChI=1S/C27H23F6N7O/c1-39(2)19-15-13-18(14-16-19)17-34-38-23-35-24(37-25(36-23)41-22(26(28,29)30)27(31,32)33)40(20-9-5-3-6-10-20)21-11-7-4-8-12-21/h3-17,22H,1-2H3,(H,35,36,37,38)/b34-17+. The van der Waals surface area contributed by atoms with E-state index in [4.69, 9.17) is 0 Å². The average molecular weight is 576 g/mol. The Labute approximate surface area is 230 Å². The number of anilines is 5. The number of hydrogen-bond acceptors (Lipinski definition) is 8. The summed E-state index contributed by atoms with van der Waals surface area (Å²) in [6.07, 6.45) is -14.4. The van der Waals surface area contributed by atoms with Gasteiger partial charge in [0.15, 0.2) is 0 Å². The van der Waals surface area contributed by atoms with Crippen LogP contribution in [-0.4, -0.2) is 53.7 Å². The summed E-state index contributed by atoms with van der Waals surface area (Å²) in [6.45, 7) is 0. The van der Waals surface area contributed by atoms with Crippen LogP contribution in [0.2, 0.25) is 0 Å². The molecule has 1 aromatic heterocycles. The third-order valence-electron chi connectivity index (χ3n) is 5.44. The quantitative estimate of drug-likeness (QED) is 0.135. The molecule has 0 amide bonds. The molecule has 14 heteroatoms. The Kier molecular flexibility index (Phi) is 8.59. The van der Waals surface area contributed by atoms with Gasteiger partial charge >= 0.3 is 18.4 Å². The number of hydrazone groups is 1. The maximum absolute atomic E-state index is 13.3. The molecule has 0 radical (unpaired) electrons. The van der Waals surface area contributed by atoms with Crippen molar-refractivity contribution in [1.82, 2.24) is 15.0 Å². The molecule has 3 aromatic carbocycles. The third-order valence-corrected chi connectivity index (χ3v) is 5.44. The molecule has 41 heavy (non-hydrogen) atoms. The second-order valence-electron chi connectivity index (χ2n) is 8.69. The van der Waals surface area contributed by atoms with Gasteiger partial charge in [0.1, 0.15) is 0 Å². The molecular formula is C27H23F6N7O. The summed E-state index contributed by atoms with van der Waals surface area (Å²) in [7, 11) is 3.75. The highest BCUT2D eigenvalue weighted by Crippen LogP contribution is 2.37. The first-order valence-corrected chi connectivity index (χ1v) is 11.9. The Bertz CT molecular complexity index is 1390. The number of aromatic nitrogens is 3. The van der Waals surface area contributed by atoms with E-state index in [-0.39, 0.29) is 5.95 Å². The van der Waals surface area contributed by atoms with Gasteiger partial charge in [-0.1, -0.05) is 48.5 Å². The fourth-order valence-electron chi connectivity index (χ4n) is 3.53. The van der Waals surface area contributed by atoms with Crippen LogP contribution >= 0.6 is 0 Å². The van der Waals surface area contributed by atoms with Gasteiger partial charge in [-0.2, -0.15) is 46.4 Å². The molecule has 1 heterocycles. The molecule has 0 aliphatic carbocycles. The molecule has 0 aliphatic rings. The summed E-state index contributed by atoms with van der Waals surface area (Å²) in [5.41, 5.74) is 4.97. The van der Waals surface area contributed by atoms with E-state index >= 15 is 0 Å². The predicted octanol–water partition coefficient (Wildman–Crippen LogP) is 6.73. The normalized spacial score (nSPS) is 12.0. The van der Waals surface area contributed by atoms with Crippen molar-refractivity contribution in [1.29, 1.82) is 0 Å². The van der Waals surface area contributed by atoms with Gasteiger partial charge in [-0.3, -0.25) is 4.90 Å². The van der Waals surface area contributed by atoms with Crippen LogP contribution < -0.4 is 20.0 Å². The van der Waals surface area contributed by atoms with E-state index in [1.165, 1.54) is 11.1 Å². The van der Waals surface area contributed by atoms with Gasteiger partial charge in [-0.15, -0.1) is 0 Å². The van der Waals surface area contributed by atoms with E-state index in [1.54, 1.807) is 72.8 Å². The molecule has 0 aliphatic heterocycles. The summed E-state index contributed by atoms with van der Waals surface area (Å²) < 4.78 is 84.1. The monoisotopic (exact) mass is 575 g/mol. The zero-order valence-electron chi connectivity index (χ0n) is 21.6. The Morgan fingerprint density at radius 2 is 1.27 bits per heavy atom. The molecule has 214 valence electrons. The molecule has 1 N–H and O–H groups in total. The molecule has 4 rings (SSSR count). The molecule has 0 saturated carbocycles. The summed E-state index contributed by atoms with van der Waals surface area (Å²) in [5, 5.41) is 3.99. The minimum Gasteiger partial charge on any atom is -0.440 e. The van der Waals surface area contributed by atoms with Gasteiger partial charge < -0.3 is 9.64 Å². The highest BCUT2D eigenvalue weighted by atomic mass is 19.4. The molecule has 0 saturated heterocycles. The first-order valence-electron chi connectivity index (χ1n) is 11.9. The van der Waals surface area contributed by atoms with Crippen LogP contribution in [-0.2, 0) is 0 Å². The lowest BCUT2D eigenvalue weighted by molar-refractivity contribution is -0.301. The molecule has 8 nitrogen and oxygen atoms in total. The number of para-hydroxylation sites is 2. The molecular weight excluding hydrogens is 552 g/mol. The number of halogens is 6. The Morgan fingerprint density at radius 1 is 0.732 bits per heavy atom. The second-order valence-corrected chi connectivity index (χ2v) is 8.69. The van der Waals surface area contributed by atoms with Crippen LogP contribution in [0.15, 0.2) is 90.0 Å². The summed E-state index contributed by atoms with van der Waals surface area (Å²) in [5.74, 6) is -0.769. The lowest BCUT2D eigenvalue weighted by Crippen LogP contribution is -2.47. The van der Waals surface area contributed by atoms with E-state index in [0.29, 0.717) is 16.9 Å². The van der Waals surface area contributed by atoms with Crippen LogP contribution in [0.4, 0.5) is 55.3 Å². The van der Waals surface area contributed by atoms with E-state index in [1.807, 2.05) is 31.1 Å². The zero-order chi connectivity index (χ0) is 29.6. The molecule has 0 unspecified atom stereocenters. The number of nitrogens with one attached hydrogen (secondary N) is 1. The number of ether oxygens (including phenoxy) is 1. The Morgan fingerprint density at radius 3 is 1.76 bits per heavy atom. The van der Waals surface area contributed by atoms with Crippen molar-refractivity contribution in [2.75, 3.05) is 29.3 Å². The number of rotatable bonds is 9. The first-order chi connectivity index (χ1) is 19.4. The fourth-order valence-corrected chi connectivity index (χ4v) is 3.53. The lowest BCUT2D eigenvalue weighted by Gasteiger charge is -2.25. The minimum absolute atomic E-state index is 0.316. The molecule has 0 bridgehead atoms. The van der Waals surface area contributed by atoms with Crippen LogP contribution in [0.3, 0.4) is 0 Å². The number of benzene rings is 3. The van der Waals surface area contributed by atoms with E-state index < -0.39 is 30.4 Å². The number of nitrogens with zero attached hydrogens (tertiary/aromatic N) is 6. The Balaban J connectivity index is 1.76. The predicted molar refractivity (Wildman–Crippen MR) is 143 cm³/mol. The van der Waals surface area contributed by atoms with Gasteiger partial charge in [0.05, 0.1) is 6.21 Å². The SMILES string of the molecule is CN(C)c1ccc(/C=N/Nc2nc(OC(C(F)(F)F)C(F)(F)F)nc(N(c3ccccc3)c3ccccc3)n2)cc1. The summed E-state index contributed by atoms with van der Waals surface area (Å²) in [6, 6.07) is 22.9. The molecule has 0 spiro atoms. The maximum atomic E-state index is 13.3. The summed E-state index contributed by atoms with van der Waals surface area (Å²) in [4.78, 5) is 15.0. The van der Waals surface area contributed by atoms with Gasteiger partial charge in [0.2, 0.25) is 5.95 Å². The fraction of sp³-hybridized carbons (Fsp3) is 0.185. The van der Waals surface area contributed by atoms with Crippen LogP contribution in [0.1, 0.15) is 5.56 Å². The molecule has 4 aromatic rings. The summed E-state index contributed by atoms with van der Waals surface area (Å²) >= 11 is 0. The van der Waals surface area contributed by atoms with Crippen molar-refractivity contribution in [3.8, 4) is 6.01 Å². The van der Waals surface area contributed by atoms with Gasteiger partial charge in [0, 0.05) is 31.2 Å². The van der Waals surface area contributed by atoms with Crippen molar-refractivity contribution in [3.63, 3.8) is 0 Å². The maximum Gasteiger partial charge on any atom is 0.434 e. The zero-order valence-corrected chi connectivity index (χ0v) is 21.6. The highest BCUT2D eigenvalue weighted by molar-refractivity contribution is 5.81. The van der Waals surface area contributed by atoms with Gasteiger partial charge in [0.25, 0.3) is 12.1 Å². The van der Waals surface area contributed by atoms with E-state index in [0.717, 1.165) is 5.69 Å². The van der Waals surface area contributed by atoms with Gasteiger partial charge in [-0.05, 0) is 42.0 Å². The van der Waals surface area contributed by atoms with Crippen LogP contribution in [0, 0.1) is 0 Å². The van der Waals surface area contributed by atoms with Crippen molar-refractivity contribution >= 4 is 35.2 Å². The van der Waals surface area contributed by atoms with Gasteiger partial charge in [-0.25, -0.2) is 5.43 Å². The average Bonchev–Trinajstić information content (AvgIpc) is 2.92. The van der Waals surface area contributed by atoms with Crippen molar-refractivity contribution in [3.05, 3.63) is 90.5 Å². The smallest absolute Gasteiger partial charge is 0.434 e. The number of hydrogen-bond donors (Lipinski definition) is 1. The lowest BCUT2D eigenvalue weighted by atomic mass is 10.2. The Hall–Kier alpha value is -4.88. The minimum atomic E-state index is -5.78. The van der Waals surface area contributed by atoms with E-state index in [9.17, 15) is 26.3 Å². The third kappa shape index (κ3) is 7.62. The highest BCUT2D eigenvalue weighted by Gasteiger charge is 2.59. The van der Waals surface area contributed by atoms with Crippen LogP contribution in [0.25, 0.3) is 0 Å².